The lowest BCUT2D eigenvalue weighted by atomic mass is 9.96. The quantitative estimate of drug-likeness (QED) is 0.777. The van der Waals surface area contributed by atoms with Gasteiger partial charge in [0.05, 0.1) is 0 Å². The van der Waals surface area contributed by atoms with Gasteiger partial charge in [-0.25, -0.2) is 0 Å². The van der Waals surface area contributed by atoms with Gasteiger partial charge in [-0.15, -0.1) is 0 Å². The first kappa shape index (κ1) is 17.8. The Kier molecular flexibility index (Phi) is 5.37. The Hall–Kier alpha value is -1.52. The fraction of sp³-hybridized carbons (Fsp3) is 0.611. The maximum Gasteiger partial charge on any atom is 0.406 e. The molecule has 2 rings (SSSR count). The van der Waals surface area contributed by atoms with Crippen molar-refractivity contribution in [2.45, 2.75) is 58.2 Å². The molecule has 1 aliphatic rings. The monoisotopic (exact) mass is 327 g/mol. The van der Waals surface area contributed by atoms with Crippen molar-refractivity contribution >= 4 is 5.91 Å². The number of halogens is 3. The lowest BCUT2D eigenvalue weighted by Gasteiger charge is -2.33. The van der Waals surface area contributed by atoms with Crippen LogP contribution in [0.2, 0.25) is 0 Å². The minimum absolute atomic E-state index is 0.0165. The average molecular weight is 327 g/mol. The highest BCUT2D eigenvalue weighted by Gasteiger charge is 2.37. The maximum atomic E-state index is 12.8. The van der Waals surface area contributed by atoms with Crippen molar-refractivity contribution in [2.24, 2.45) is 5.92 Å². The van der Waals surface area contributed by atoms with Crippen LogP contribution in [0.15, 0.2) is 24.3 Å². The number of alkyl halides is 3. The first-order chi connectivity index (χ1) is 10.7. The summed E-state index contributed by atoms with van der Waals surface area (Å²) in [6, 6.07) is 7.47. The van der Waals surface area contributed by atoms with E-state index in [2.05, 4.69) is 0 Å². The van der Waals surface area contributed by atoms with Gasteiger partial charge in [0.1, 0.15) is 6.54 Å². The van der Waals surface area contributed by atoms with E-state index in [0.29, 0.717) is 0 Å². The van der Waals surface area contributed by atoms with Gasteiger partial charge in [0.15, 0.2) is 0 Å². The number of carbonyl (C=O) groups is 1. The van der Waals surface area contributed by atoms with Crippen LogP contribution < -0.4 is 0 Å². The molecule has 0 radical (unpaired) electrons. The molecule has 0 saturated heterocycles. The second-order valence-corrected chi connectivity index (χ2v) is 6.76. The molecule has 0 aliphatic heterocycles. The lowest BCUT2D eigenvalue weighted by Crippen LogP contribution is -2.46. The van der Waals surface area contributed by atoms with Crippen LogP contribution in [0.25, 0.3) is 0 Å². The average Bonchev–Trinajstić information content (AvgIpc) is 2.86. The number of nitrogens with zero attached hydrogens (tertiary/aromatic N) is 1. The Labute approximate surface area is 135 Å². The van der Waals surface area contributed by atoms with E-state index in [0.717, 1.165) is 23.3 Å². The highest BCUT2D eigenvalue weighted by molar-refractivity contribution is 5.77. The largest absolute Gasteiger partial charge is 0.406 e. The van der Waals surface area contributed by atoms with Crippen molar-refractivity contribution in [3.63, 3.8) is 0 Å². The number of amides is 1. The van der Waals surface area contributed by atoms with Gasteiger partial charge in [-0.2, -0.15) is 13.2 Å². The number of hydrogen-bond acceptors (Lipinski definition) is 1. The van der Waals surface area contributed by atoms with Gasteiger partial charge in [0, 0.05) is 12.5 Å². The first-order valence-corrected chi connectivity index (χ1v) is 8.13. The van der Waals surface area contributed by atoms with E-state index < -0.39 is 24.7 Å². The molecule has 0 spiro atoms. The molecule has 0 saturated carbocycles. The fourth-order valence-corrected chi connectivity index (χ4v) is 3.20. The Morgan fingerprint density at radius 1 is 1.26 bits per heavy atom. The summed E-state index contributed by atoms with van der Waals surface area (Å²) in [5, 5.41) is 0. The molecule has 2 nitrogen and oxygen atoms in total. The van der Waals surface area contributed by atoms with Crippen molar-refractivity contribution in [3.05, 3.63) is 35.4 Å². The first-order valence-electron chi connectivity index (χ1n) is 8.13. The summed E-state index contributed by atoms with van der Waals surface area (Å²) in [6.07, 6.45) is -2.48. The van der Waals surface area contributed by atoms with Crippen LogP contribution in [0, 0.1) is 5.92 Å². The van der Waals surface area contributed by atoms with E-state index in [1.807, 2.05) is 38.1 Å². The van der Waals surface area contributed by atoms with Crippen LogP contribution in [0.1, 0.15) is 50.7 Å². The SMILES string of the molecule is CC(C)C(C)N(CC(F)(F)F)C(=O)CC1CCc2ccccc21. The summed E-state index contributed by atoms with van der Waals surface area (Å²) in [7, 11) is 0. The number of benzene rings is 1. The summed E-state index contributed by atoms with van der Waals surface area (Å²) in [4.78, 5) is 13.6. The fourth-order valence-electron chi connectivity index (χ4n) is 3.20. The molecule has 0 fully saturated rings. The zero-order chi connectivity index (χ0) is 17.2. The Morgan fingerprint density at radius 2 is 1.91 bits per heavy atom. The summed E-state index contributed by atoms with van der Waals surface area (Å²) >= 11 is 0. The Balaban J connectivity index is 2.12. The molecule has 128 valence electrons. The van der Waals surface area contributed by atoms with Gasteiger partial charge in [-0.3, -0.25) is 4.79 Å². The lowest BCUT2D eigenvalue weighted by molar-refractivity contribution is -0.167. The number of fused-ring (bicyclic) bond motifs is 1. The molecular weight excluding hydrogens is 303 g/mol. The Bertz CT molecular complexity index is 553. The van der Waals surface area contributed by atoms with Crippen molar-refractivity contribution in [1.29, 1.82) is 0 Å². The molecular formula is C18H24F3NO. The molecule has 5 heteroatoms. The van der Waals surface area contributed by atoms with Gasteiger partial charge < -0.3 is 4.90 Å². The standard InChI is InChI=1S/C18H24F3NO/c1-12(2)13(3)22(11-18(19,20)21)17(23)10-15-9-8-14-6-4-5-7-16(14)15/h4-7,12-13,15H,8-11H2,1-3H3. The van der Waals surface area contributed by atoms with Crippen LogP contribution in [-0.4, -0.2) is 29.6 Å². The van der Waals surface area contributed by atoms with E-state index >= 15 is 0 Å². The number of hydrogen-bond donors (Lipinski definition) is 0. The van der Waals surface area contributed by atoms with Crippen LogP contribution in [0.3, 0.4) is 0 Å². The van der Waals surface area contributed by atoms with Crippen LogP contribution in [0.4, 0.5) is 13.2 Å². The summed E-state index contributed by atoms with van der Waals surface area (Å²) < 4.78 is 38.5. The normalized spacial score (nSPS) is 18.8. The predicted octanol–water partition coefficient (Wildman–Crippen LogP) is 4.54. The van der Waals surface area contributed by atoms with Crippen LogP contribution in [0.5, 0.6) is 0 Å². The predicted molar refractivity (Wildman–Crippen MR) is 84.2 cm³/mol. The van der Waals surface area contributed by atoms with Gasteiger partial charge >= 0.3 is 6.18 Å². The van der Waals surface area contributed by atoms with Gasteiger partial charge in [0.2, 0.25) is 5.91 Å². The molecule has 2 unspecified atom stereocenters. The zero-order valence-electron chi connectivity index (χ0n) is 13.9. The third-order valence-electron chi connectivity index (χ3n) is 4.80. The second kappa shape index (κ2) is 6.93. The van der Waals surface area contributed by atoms with Crippen molar-refractivity contribution in [3.8, 4) is 0 Å². The van der Waals surface area contributed by atoms with Gasteiger partial charge in [-0.1, -0.05) is 38.1 Å². The summed E-state index contributed by atoms with van der Waals surface area (Å²) in [5.41, 5.74) is 2.33. The topological polar surface area (TPSA) is 20.3 Å². The molecule has 0 aromatic heterocycles. The highest BCUT2D eigenvalue weighted by atomic mass is 19.4. The second-order valence-electron chi connectivity index (χ2n) is 6.76. The van der Waals surface area contributed by atoms with Gasteiger partial charge in [0.25, 0.3) is 0 Å². The smallest absolute Gasteiger partial charge is 0.331 e. The van der Waals surface area contributed by atoms with E-state index in [4.69, 9.17) is 0 Å². The number of carbonyl (C=O) groups excluding carboxylic acids is 1. The van der Waals surface area contributed by atoms with E-state index in [9.17, 15) is 18.0 Å². The third-order valence-corrected chi connectivity index (χ3v) is 4.80. The van der Waals surface area contributed by atoms with Crippen LogP contribution >= 0.6 is 0 Å². The van der Waals surface area contributed by atoms with E-state index in [-0.39, 0.29) is 18.3 Å². The highest BCUT2D eigenvalue weighted by Crippen LogP contribution is 2.36. The third kappa shape index (κ3) is 4.49. The van der Waals surface area contributed by atoms with E-state index in [1.165, 1.54) is 5.56 Å². The molecule has 0 N–H and O–H groups in total. The summed E-state index contributed by atoms with van der Waals surface area (Å²) in [6.45, 7) is 4.20. The zero-order valence-corrected chi connectivity index (χ0v) is 13.9. The van der Waals surface area contributed by atoms with Crippen LogP contribution in [-0.2, 0) is 11.2 Å². The molecule has 1 aromatic carbocycles. The molecule has 1 amide bonds. The van der Waals surface area contributed by atoms with E-state index in [1.54, 1.807) is 6.92 Å². The molecule has 1 aromatic rings. The van der Waals surface area contributed by atoms with Gasteiger partial charge in [-0.05, 0) is 42.7 Å². The molecule has 0 bridgehead atoms. The number of rotatable bonds is 5. The minimum atomic E-state index is -4.37. The number of aryl methyl sites for hydroxylation is 1. The van der Waals surface area contributed by atoms with Crippen molar-refractivity contribution in [1.82, 2.24) is 4.90 Å². The molecule has 23 heavy (non-hydrogen) atoms. The summed E-state index contributed by atoms with van der Waals surface area (Å²) in [5.74, 6) is -0.379. The molecule has 1 aliphatic carbocycles. The molecule has 0 heterocycles. The maximum absolute atomic E-state index is 12.8. The Morgan fingerprint density at radius 3 is 2.52 bits per heavy atom. The molecule has 2 atom stereocenters. The van der Waals surface area contributed by atoms with Crippen molar-refractivity contribution in [2.75, 3.05) is 6.54 Å². The minimum Gasteiger partial charge on any atom is -0.331 e. The van der Waals surface area contributed by atoms with Crippen molar-refractivity contribution < 1.29 is 18.0 Å².